The van der Waals surface area contributed by atoms with Crippen LogP contribution in [0, 0.1) is 11.3 Å². The summed E-state index contributed by atoms with van der Waals surface area (Å²) in [6, 6.07) is 2.86. The average molecular weight is 518 g/mol. The molecule has 1 aromatic rings. The van der Waals surface area contributed by atoms with Gasteiger partial charge in [0.15, 0.2) is 0 Å². The molecule has 0 unspecified atom stereocenters. The zero-order chi connectivity index (χ0) is 23.2. The second kappa shape index (κ2) is 30.6. The van der Waals surface area contributed by atoms with E-state index in [9.17, 15) is 9.59 Å². The Morgan fingerprint density at radius 1 is 1.36 bits per heavy atom. The quantitative estimate of drug-likeness (QED) is 0.0454. The van der Waals surface area contributed by atoms with Gasteiger partial charge in [0, 0.05) is 21.7 Å². The van der Waals surface area contributed by atoms with E-state index in [0.29, 0.717) is 19.8 Å². The van der Waals surface area contributed by atoms with Gasteiger partial charge in [-0.3, -0.25) is 20.0 Å². The number of nitriles is 1. The molecule has 180 valence electrons. The van der Waals surface area contributed by atoms with Crippen molar-refractivity contribution in [3.8, 4) is 12.1 Å². The van der Waals surface area contributed by atoms with Crippen LogP contribution in [0.2, 0.25) is 0 Å². The van der Waals surface area contributed by atoms with Gasteiger partial charge in [-0.1, -0.05) is 0 Å². The van der Waals surface area contributed by atoms with Crippen molar-refractivity contribution in [1.82, 2.24) is 15.3 Å². The van der Waals surface area contributed by atoms with Gasteiger partial charge in [0.25, 0.3) is 18.0 Å². The van der Waals surface area contributed by atoms with Gasteiger partial charge in [0.1, 0.15) is 25.5 Å². The van der Waals surface area contributed by atoms with E-state index in [1.165, 1.54) is 13.2 Å². The molecule has 1 heterocycles. The van der Waals surface area contributed by atoms with Gasteiger partial charge >= 0.3 is 71.0 Å². The van der Waals surface area contributed by atoms with E-state index < -0.39 is 5.91 Å². The third-order valence-corrected chi connectivity index (χ3v) is 2.35. The Balaban J connectivity index is -0.0000000691. The summed E-state index contributed by atoms with van der Waals surface area (Å²) >= 11 is 0. The molecule has 0 fully saturated rings. The van der Waals surface area contributed by atoms with Crippen LogP contribution < -0.4 is 104 Å². The fraction of sp³-hybridized carbons (Fsp3) is 0.467. The fourth-order valence-corrected chi connectivity index (χ4v) is 1.27. The minimum absolute atomic E-state index is 0. The summed E-state index contributed by atoms with van der Waals surface area (Å²) < 4.78 is 19.3. The van der Waals surface area contributed by atoms with Crippen LogP contribution in [0.15, 0.2) is 10.9 Å². The molecule has 0 aliphatic carbocycles. The third kappa shape index (κ3) is 30.5. The van der Waals surface area contributed by atoms with E-state index in [1.807, 2.05) is 0 Å². The number of hydrogen-bond acceptors (Lipinski definition) is 12. The average Bonchev–Trinajstić information content (AvgIpc) is 2.68. The summed E-state index contributed by atoms with van der Waals surface area (Å²) in [4.78, 5) is 39.0. The molecule has 18 heteroatoms. The maximum Gasteiger partial charge on any atom is 1.00 e. The number of carbonyl (C=O) groups is 2. The fourth-order valence-electron chi connectivity index (χ4n) is 1.27. The number of amidine groups is 1. The van der Waals surface area contributed by atoms with Gasteiger partial charge in [0.2, 0.25) is 0 Å². The predicted octanol–water partition coefficient (Wildman–Crippen LogP) is -13.0. The predicted molar refractivity (Wildman–Crippen MR) is 100 cm³/mol. The molecular weight excluding hydrogens is 490 g/mol. The number of methoxy groups -OCH3 is 2. The number of aromatic amines is 1. The molecule has 6 N–H and O–H groups in total. The Hall–Kier alpha value is -1.45. The Kier molecular flexibility index (Phi) is 38.7. The molecular formula is C15H27ClN6Na2O9. The Morgan fingerprint density at radius 2 is 1.91 bits per heavy atom. The molecule has 1 aromatic heterocycles. The molecule has 0 bridgehead atoms. The van der Waals surface area contributed by atoms with Crippen LogP contribution in [0.4, 0.5) is 5.82 Å². The number of carbonyl (C=O) groups excluding carboxylic acids is 2. The van der Waals surface area contributed by atoms with Gasteiger partial charge in [-0.05, 0) is 0 Å². The van der Waals surface area contributed by atoms with Crippen LogP contribution >= 0.6 is 0 Å². The van der Waals surface area contributed by atoms with Crippen LogP contribution in [-0.2, 0) is 28.7 Å². The van der Waals surface area contributed by atoms with E-state index in [-0.39, 0.29) is 117 Å². The van der Waals surface area contributed by atoms with E-state index >= 15 is 0 Å². The number of hydrogen-bond donors (Lipinski definition) is 4. The molecule has 0 saturated heterocycles. The standard InChI is InChI=1S/2C7H11N3O3.CH2O3.ClH.2Na.H2.H/c1-12-2-3-13-7-9-5(8)4-6(11)10-7;1-12-4-5-13-7(9)10-6(11)2-3-8;2-1-4-3;;;;;/h4H,2-3H2,1H3,(H3,8,9,10,11);2,4-5H2,1H3,(H2,9,10,11);1,3H;1H;;;1H;/q;;;;2*+1;;-1/p-1/i;;;;;;1+1;. The van der Waals surface area contributed by atoms with Crippen molar-refractivity contribution >= 4 is 24.2 Å². The molecule has 33 heavy (non-hydrogen) atoms. The van der Waals surface area contributed by atoms with Crippen molar-refractivity contribution in [1.29, 1.82) is 5.26 Å². The summed E-state index contributed by atoms with van der Waals surface area (Å²) in [5.74, 6) is -0.353. The summed E-state index contributed by atoms with van der Waals surface area (Å²) in [6.07, 6.45) is -0.242. The van der Waals surface area contributed by atoms with E-state index in [4.69, 9.17) is 40.7 Å². The Bertz CT molecular complexity index is 748. The molecule has 0 saturated carbocycles. The molecule has 0 aromatic carbocycles. The molecule has 0 spiro atoms. The molecule has 15 nitrogen and oxygen atoms in total. The van der Waals surface area contributed by atoms with Crippen LogP contribution in [0.3, 0.4) is 0 Å². The van der Waals surface area contributed by atoms with Gasteiger partial charge in [-0.25, -0.2) is 4.79 Å². The summed E-state index contributed by atoms with van der Waals surface area (Å²) in [5, 5.41) is 24.0. The molecule has 0 radical (unpaired) electrons. The molecule has 0 atom stereocenters. The first kappa shape index (κ1) is 41.8. The number of aromatic nitrogens is 2. The SMILES string of the molecule is COCCOC(=[NH2+])NC(=O)CC#N.COCCOc1nc(N)cc(=O)[nH]1.O=CO[O-].[2HH].[Cl-].[H-].[Na+].[Na+]. The number of rotatable bonds is 9. The zero-order valence-corrected chi connectivity index (χ0v) is 23.5. The van der Waals surface area contributed by atoms with Crippen LogP contribution in [0.1, 0.15) is 9.27 Å². The summed E-state index contributed by atoms with van der Waals surface area (Å²) in [5.41, 5.74) is 4.99. The van der Waals surface area contributed by atoms with Gasteiger partial charge in [-0.15, -0.1) is 0 Å². The van der Waals surface area contributed by atoms with Crippen molar-refractivity contribution in [2.45, 2.75) is 6.42 Å². The van der Waals surface area contributed by atoms with Crippen molar-refractivity contribution in [3.05, 3.63) is 16.4 Å². The number of nitrogens with two attached hydrogens (primary N) is 2. The van der Waals surface area contributed by atoms with Crippen molar-refractivity contribution in [2.24, 2.45) is 0 Å². The molecule has 0 aliphatic heterocycles. The van der Waals surface area contributed by atoms with Crippen LogP contribution in [0.5, 0.6) is 6.01 Å². The number of nitrogens with zero attached hydrogens (tertiary/aromatic N) is 2. The topological polar surface area (TPSA) is 237 Å². The largest absolute Gasteiger partial charge is 1.00 e. The number of nitrogens with one attached hydrogen (secondary N) is 2. The van der Waals surface area contributed by atoms with Gasteiger partial charge in [-0.2, -0.15) is 15.6 Å². The van der Waals surface area contributed by atoms with Crippen molar-refractivity contribution < 1.29 is 118 Å². The van der Waals surface area contributed by atoms with Crippen molar-refractivity contribution in [3.63, 3.8) is 0 Å². The van der Waals surface area contributed by atoms with Crippen LogP contribution in [0.25, 0.3) is 0 Å². The maximum absolute atomic E-state index is 10.9. The first-order valence-electron chi connectivity index (χ1n) is 7.96. The van der Waals surface area contributed by atoms with E-state index in [1.54, 1.807) is 13.2 Å². The first-order chi connectivity index (χ1) is 14.3. The monoisotopic (exact) mass is 517 g/mol. The first-order valence-corrected chi connectivity index (χ1v) is 7.96. The minimum Gasteiger partial charge on any atom is -1.00 e. The number of ether oxygens (including phenoxy) is 4. The van der Waals surface area contributed by atoms with Gasteiger partial charge in [0.05, 0.1) is 19.3 Å². The minimum atomic E-state index is -0.489. The molecule has 0 aliphatic rings. The second-order valence-electron chi connectivity index (χ2n) is 4.60. The third-order valence-electron chi connectivity index (χ3n) is 2.35. The van der Waals surface area contributed by atoms with E-state index in [0.717, 1.165) is 0 Å². The zero-order valence-electron chi connectivity index (χ0n) is 19.8. The molecule has 1 amide bonds. The van der Waals surface area contributed by atoms with E-state index in [2.05, 4.69) is 24.9 Å². The smallest absolute Gasteiger partial charge is 1.00 e. The summed E-state index contributed by atoms with van der Waals surface area (Å²) in [6.45, 7) is 1.21. The summed E-state index contributed by atoms with van der Waals surface area (Å²) in [7, 11) is 3.08. The van der Waals surface area contributed by atoms with Crippen molar-refractivity contribution in [2.75, 3.05) is 46.4 Å². The maximum atomic E-state index is 10.9. The number of H-pyrrole nitrogens is 1. The Morgan fingerprint density at radius 3 is 2.36 bits per heavy atom. The number of anilines is 1. The Labute approximate surface area is 243 Å². The molecule has 1 rings (SSSR count). The normalized spacial score (nSPS) is 7.94. The second-order valence-corrected chi connectivity index (χ2v) is 4.60. The van der Waals surface area contributed by atoms with Crippen LogP contribution in [-0.4, -0.2) is 69.0 Å². The number of nitrogen functional groups attached to an aromatic ring is 1. The number of amides is 1. The number of halogens is 1. The van der Waals surface area contributed by atoms with Gasteiger partial charge < -0.3 is 48.7 Å².